The molecule has 39 heavy (non-hydrogen) atoms. The molecule has 0 heterocycles. The predicted octanol–water partition coefficient (Wildman–Crippen LogP) is 9.49. The van der Waals surface area contributed by atoms with E-state index < -0.39 is 5.31 Å². The zero-order valence-electron chi connectivity index (χ0n) is 21.5. The summed E-state index contributed by atoms with van der Waals surface area (Å²) in [5, 5.41) is 8.73. The van der Waals surface area contributed by atoms with Gasteiger partial charge in [0.15, 0.2) is 0 Å². The van der Waals surface area contributed by atoms with Crippen LogP contribution >= 0.6 is 20.8 Å². The van der Waals surface area contributed by atoms with E-state index in [4.69, 9.17) is 0 Å². The molecule has 188 valence electrons. The van der Waals surface area contributed by atoms with Crippen LogP contribution in [0.3, 0.4) is 0 Å². The van der Waals surface area contributed by atoms with Crippen LogP contribution in [0.15, 0.2) is 158 Å². The number of hydrogen-bond donors (Lipinski definition) is 0. The first-order valence-electron chi connectivity index (χ1n) is 13.4. The molecule has 0 N–H and O–H groups in total. The Bertz CT molecular complexity index is 1850. The number of halogens is 1. The number of fused-ring (bicyclic) bond motifs is 5. The zero-order chi connectivity index (χ0) is 26.3. The second kappa shape index (κ2) is 9.45. The van der Waals surface area contributed by atoms with E-state index >= 15 is 0 Å². The molecule has 0 unspecified atom stereocenters. The van der Waals surface area contributed by atoms with Crippen LogP contribution in [0.2, 0.25) is 0 Å². The molecule has 0 radical (unpaired) electrons. The maximum absolute atomic E-state index is 4.65. The fourth-order valence-electron chi connectivity index (χ4n) is 6.32. The Kier molecular flexibility index (Phi) is 5.89. The van der Waals surface area contributed by atoms with Crippen molar-refractivity contribution < 1.29 is 0 Å². The van der Waals surface area contributed by atoms with Crippen LogP contribution in [0.5, 0.6) is 0 Å². The van der Waals surface area contributed by atoms with Crippen molar-refractivity contribution in [1.29, 1.82) is 0 Å². The van der Waals surface area contributed by atoms with Gasteiger partial charge in [0.1, 0.15) is 0 Å². The monoisotopic (exact) mass is 582 g/mol. The molecule has 7 rings (SSSR count). The van der Waals surface area contributed by atoms with Crippen LogP contribution in [0.4, 0.5) is 0 Å². The summed E-state index contributed by atoms with van der Waals surface area (Å²) in [6.45, 7) is 0. The molecule has 0 saturated heterocycles. The average molecular weight is 584 g/mol. The van der Waals surface area contributed by atoms with Crippen molar-refractivity contribution in [2.45, 2.75) is 6.16 Å². The molecule has 0 saturated carbocycles. The molecule has 0 fully saturated rings. The van der Waals surface area contributed by atoms with E-state index in [0.29, 0.717) is 0 Å². The van der Waals surface area contributed by atoms with Gasteiger partial charge >= 0.3 is 238 Å². The standard InChI is InChI=1S/C37H28BrP/c38-39(30-15-4-1-5-16-30,31-17-6-2-7-18-31,32-19-8-3-9-20-32)27-29-14-12-22-35-34(29)25-26-36-33-21-11-10-13-28(33)23-24-37(35)36/h1-26H,27H2. The number of benzene rings is 7. The summed E-state index contributed by atoms with van der Waals surface area (Å²) in [7, 11) is 0. The van der Waals surface area contributed by atoms with Gasteiger partial charge in [0.05, 0.1) is 0 Å². The minimum atomic E-state index is -3.11. The summed E-state index contributed by atoms with van der Waals surface area (Å²) in [6.07, 6.45) is 0.875. The van der Waals surface area contributed by atoms with Crippen molar-refractivity contribution in [2.75, 3.05) is 0 Å². The normalized spacial score (nSPS) is 12.9. The van der Waals surface area contributed by atoms with Crippen molar-refractivity contribution in [1.82, 2.24) is 0 Å². The first kappa shape index (κ1) is 24.3. The molecule has 0 nitrogen and oxygen atoms in total. The molecule has 0 atom stereocenters. The molecule has 0 aromatic heterocycles. The van der Waals surface area contributed by atoms with Gasteiger partial charge in [0, 0.05) is 0 Å². The molecule has 0 bridgehead atoms. The van der Waals surface area contributed by atoms with Crippen molar-refractivity contribution in [3.05, 3.63) is 163 Å². The third-order valence-electron chi connectivity index (χ3n) is 8.22. The van der Waals surface area contributed by atoms with Crippen molar-refractivity contribution in [3.63, 3.8) is 0 Å². The summed E-state index contributed by atoms with van der Waals surface area (Å²) < 4.78 is 0. The molecular formula is C37H28BrP. The van der Waals surface area contributed by atoms with E-state index in [-0.39, 0.29) is 0 Å². The van der Waals surface area contributed by atoms with E-state index in [1.54, 1.807) is 0 Å². The van der Waals surface area contributed by atoms with Crippen molar-refractivity contribution in [2.24, 2.45) is 0 Å². The van der Waals surface area contributed by atoms with E-state index in [1.165, 1.54) is 53.8 Å². The number of rotatable bonds is 5. The first-order valence-corrected chi connectivity index (χ1v) is 17.8. The van der Waals surface area contributed by atoms with E-state index in [1.807, 2.05) is 0 Å². The molecule has 7 aromatic rings. The van der Waals surface area contributed by atoms with Gasteiger partial charge in [-0.1, -0.05) is 0 Å². The van der Waals surface area contributed by atoms with Gasteiger partial charge in [0.25, 0.3) is 0 Å². The van der Waals surface area contributed by atoms with Gasteiger partial charge in [0.2, 0.25) is 0 Å². The van der Waals surface area contributed by atoms with E-state index in [2.05, 4.69) is 173 Å². The molecular weight excluding hydrogens is 555 g/mol. The zero-order valence-corrected chi connectivity index (χ0v) is 24.0. The van der Waals surface area contributed by atoms with Crippen LogP contribution in [0, 0.1) is 0 Å². The van der Waals surface area contributed by atoms with E-state index in [9.17, 15) is 0 Å². The maximum atomic E-state index is 4.65. The Labute approximate surface area is 237 Å². The fourth-order valence-corrected chi connectivity index (χ4v) is 14.0. The summed E-state index contributed by atoms with van der Waals surface area (Å²) in [5.41, 5.74) is 1.36. The van der Waals surface area contributed by atoms with Crippen LogP contribution in [-0.2, 0) is 6.16 Å². The summed E-state index contributed by atoms with van der Waals surface area (Å²) in [5.74, 6) is 0. The fraction of sp³-hybridized carbons (Fsp3) is 0.0270. The minimum absolute atomic E-state index is 0.875. The van der Waals surface area contributed by atoms with Gasteiger partial charge in [-0.15, -0.1) is 0 Å². The topological polar surface area (TPSA) is 0 Å². The molecule has 0 spiro atoms. The van der Waals surface area contributed by atoms with Crippen LogP contribution in [0.25, 0.3) is 32.3 Å². The van der Waals surface area contributed by atoms with Gasteiger partial charge in [-0.2, -0.15) is 0 Å². The Morgan fingerprint density at radius 1 is 0.359 bits per heavy atom. The Balaban J connectivity index is 1.55. The second-order valence-corrected chi connectivity index (χ2v) is 19.2. The molecule has 7 aromatic carbocycles. The van der Waals surface area contributed by atoms with Gasteiger partial charge in [-0.3, -0.25) is 0 Å². The van der Waals surface area contributed by atoms with E-state index in [0.717, 1.165) is 6.16 Å². The Morgan fingerprint density at radius 3 is 1.41 bits per heavy atom. The third kappa shape index (κ3) is 3.76. The summed E-state index contributed by atoms with van der Waals surface area (Å²) in [6, 6.07) is 57.9. The van der Waals surface area contributed by atoms with Crippen molar-refractivity contribution >= 4 is 69.0 Å². The Morgan fingerprint density at radius 2 is 0.795 bits per heavy atom. The second-order valence-electron chi connectivity index (χ2n) is 10.3. The quantitative estimate of drug-likeness (QED) is 0.140. The SMILES string of the molecule is BrP(Cc1cccc2c1ccc1c3ccccc3ccc21)(c1ccccc1)(c1ccccc1)c1ccccc1. The van der Waals surface area contributed by atoms with Crippen LogP contribution < -0.4 is 15.9 Å². The van der Waals surface area contributed by atoms with Gasteiger partial charge in [-0.25, -0.2) is 0 Å². The van der Waals surface area contributed by atoms with Gasteiger partial charge in [-0.05, 0) is 0 Å². The molecule has 0 aliphatic heterocycles. The predicted molar refractivity (Wildman–Crippen MR) is 177 cm³/mol. The Hall–Kier alpha value is -3.77. The number of hydrogen-bond acceptors (Lipinski definition) is 0. The van der Waals surface area contributed by atoms with Crippen LogP contribution in [0.1, 0.15) is 5.56 Å². The average Bonchev–Trinajstić information content (AvgIpc) is 3.02. The molecule has 0 aliphatic rings. The van der Waals surface area contributed by atoms with Gasteiger partial charge < -0.3 is 0 Å². The molecule has 0 aliphatic carbocycles. The molecule has 2 heteroatoms. The van der Waals surface area contributed by atoms with Crippen LogP contribution in [-0.4, -0.2) is 0 Å². The summed E-state index contributed by atoms with van der Waals surface area (Å²) >= 11 is 4.65. The third-order valence-corrected chi connectivity index (χ3v) is 17.7. The molecule has 0 amide bonds. The van der Waals surface area contributed by atoms with Crippen molar-refractivity contribution in [3.8, 4) is 0 Å². The summed E-state index contributed by atoms with van der Waals surface area (Å²) in [4.78, 5) is 0. The first-order chi connectivity index (χ1) is 19.2.